The van der Waals surface area contributed by atoms with E-state index in [1.807, 2.05) is 7.05 Å². The summed E-state index contributed by atoms with van der Waals surface area (Å²) in [6.07, 6.45) is -6.93. The summed E-state index contributed by atoms with van der Waals surface area (Å²) in [5.41, 5.74) is -3.30. The number of aliphatic hydroxyl groups excluding tert-OH is 1. The summed E-state index contributed by atoms with van der Waals surface area (Å²) in [4.78, 5) is 5.58. The van der Waals surface area contributed by atoms with Gasteiger partial charge in [0.2, 0.25) is 0 Å². The van der Waals surface area contributed by atoms with Gasteiger partial charge in [0.05, 0.1) is 11.1 Å². The van der Waals surface area contributed by atoms with Gasteiger partial charge in [0.15, 0.2) is 5.82 Å². The zero-order valence-electron chi connectivity index (χ0n) is 15.7. The van der Waals surface area contributed by atoms with Crippen LogP contribution in [0.5, 0.6) is 0 Å². The number of rotatable bonds is 6. The molecule has 1 saturated heterocycles. The molecule has 1 aliphatic heterocycles. The van der Waals surface area contributed by atoms with Gasteiger partial charge in [-0.3, -0.25) is 4.90 Å². The third-order valence-corrected chi connectivity index (χ3v) is 4.62. The van der Waals surface area contributed by atoms with Gasteiger partial charge in [-0.15, -0.1) is 5.10 Å². The molecule has 2 N–H and O–H groups in total. The second kappa shape index (κ2) is 8.36. The van der Waals surface area contributed by atoms with E-state index in [-0.39, 0.29) is 11.9 Å². The van der Waals surface area contributed by atoms with Gasteiger partial charge in [-0.05, 0) is 37.2 Å². The number of halogens is 6. The fraction of sp³-hybridized carbons (Fsp3) is 0.444. The maximum absolute atomic E-state index is 13.0. The molecule has 0 amide bonds. The highest BCUT2D eigenvalue weighted by Crippen LogP contribution is 2.38. The summed E-state index contributed by atoms with van der Waals surface area (Å²) in [6.45, 7) is 2.22. The lowest BCUT2D eigenvalue weighted by atomic mass is 10.00. The topological polar surface area (TPSA) is 66.2 Å². The molecule has 1 aliphatic rings. The zero-order chi connectivity index (χ0) is 22.1. The van der Waals surface area contributed by atoms with Crippen molar-refractivity contribution in [2.45, 2.75) is 18.6 Å². The van der Waals surface area contributed by atoms with Gasteiger partial charge in [-0.2, -0.15) is 26.3 Å². The van der Waals surface area contributed by atoms with Crippen LogP contribution in [0.2, 0.25) is 0 Å². The Labute approximate surface area is 167 Å². The molecule has 2 aromatic rings. The van der Waals surface area contributed by atoms with Crippen molar-refractivity contribution >= 4 is 6.20 Å². The van der Waals surface area contributed by atoms with E-state index in [0.717, 1.165) is 17.6 Å². The number of hydrogen-bond donors (Lipinski definition) is 2. The van der Waals surface area contributed by atoms with Crippen LogP contribution in [0.4, 0.5) is 26.3 Å². The van der Waals surface area contributed by atoms with Gasteiger partial charge in [-0.25, -0.2) is 9.67 Å². The molecular weight excluding hydrogens is 416 g/mol. The number of benzene rings is 1. The standard InChI is InChI=1S/C18H19F6N5O/c1-25-7-11-8-28(9-11)15(30)2-3-29-10-26-16(27-29)12-4-13(17(19,20)21)6-14(5-12)18(22,23)24/h2-6,10-11,15,25,30H,7-9H2,1H3/b3-2-. The molecule has 1 aromatic heterocycles. The first-order valence-corrected chi connectivity index (χ1v) is 8.93. The van der Waals surface area contributed by atoms with Crippen molar-refractivity contribution in [3.05, 3.63) is 41.7 Å². The second-order valence-electron chi connectivity index (χ2n) is 6.98. The number of aliphatic hydroxyl groups is 1. The first kappa shape index (κ1) is 22.2. The van der Waals surface area contributed by atoms with Crippen molar-refractivity contribution in [1.29, 1.82) is 0 Å². The summed E-state index contributed by atoms with van der Waals surface area (Å²) in [7, 11) is 1.84. The second-order valence-corrected chi connectivity index (χ2v) is 6.98. The fourth-order valence-corrected chi connectivity index (χ4v) is 3.09. The van der Waals surface area contributed by atoms with E-state index in [2.05, 4.69) is 15.4 Å². The van der Waals surface area contributed by atoms with Crippen molar-refractivity contribution in [2.24, 2.45) is 5.92 Å². The van der Waals surface area contributed by atoms with Crippen LogP contribution in [-0.4, -0.2) is 57.7 Å². The summed E-state index contributed by atoms with van der Waals surface area (Å²) in [5.74, 6) is 0.128. The van der Waals surface area contributed by atoms with Crippen LogP contribution >= 0.6 is 0 Å². The van der Waals surface area contributed by atoms with E-state index in [1.165, 1.54) is 12.3 Å². The summed E-state index contributed by atoms with van der Waals surface area (Å²) in [6, 6.07) is 1.18. The molecule has 30 heavy (non-hydrogen) atoms. The molecule has 164 valence electrons. The average Bonchev–Trinajstić information content (AvgIpc) is 3.09. The maximum atomic E-state index is 13.0. The van der Waals surface area contributed by atoms with Crippen LogP contribution in [0.1, 0.15) is 11.1 Å². The van der Waals surface area contributed by atoms with Crippen LogP contribution < -0.4 is 5.32 Å². The van der Waals surface area contributed by atoms with Crippen LogP contribution in [0.3, 0.4) is 0 Å². The highest BCUT2D eigenvalue weighted by Gasteiger charge is 2.37. The smallest absolute Gasteiger partial charge is 0.375 e. The minimum absolute atomic E-state index is 0.0468. The van der Waals surface area contributed by atoms with E-state index in [9.17, 15) is 31.4 Å². The number of alkyl halides is 6. The molecule has 1 aromatic carbocycles. The van der Waals surface area contributed by atoms with Crippen LogP contribution in [0, 0.1) is 5.92 Å². The lowest BCUT2D eigenvalue weighted by Crippen LogP contribution is -2.54. The first-order valence-electron chi connectivity index (χ1n) is 8.93. The van der Waals surface area contributed by atoms with Crippen LogP contribution in [0.25, 0.3) is 17.6 Å². The quantitative estimate of drug-likeness (QED) is 0.684. The molecule has 6 nitrogen and oxygen atoms in total. The number of likely N-dealkylation sites (tertiary alicyclic amines) is 1. The van der Waals surface area contributed by atoms with Gasteiger partial charge in [-0.1, -0.05) is 0 Å². The van der Waals surface area contributed by atoms with E-state index >= 15 is 0 Å². The van der Waals surface area contributed by atoms with Gasteiger partial charge >= 0.3 is 12.4 Å². The first-order chi connectivity index (χ1) is 14.0. The molecule has 0 saturated carbocycles. The van der Waals surface area contributed by atoms with Crippen LogP contribution in [-0.2, 0) is 12.4 Å². The summed E-state index contributed by atoms with van der Waals surface area (Å²) >= 11 is 0. The average molecular weight is 435 g/mol. The number of nitrogens with one attached hydrogen (secondary N) is 1. The summed E-state index contributed by atoms with van der Waals surface area (Å²) in [5, 5.41) is 17.0. The van der Waals surface area contributed by atoms with E-state index < -0.39 is 35.3 Å². The van der Waals surface area contributed by atoms with Crippen molar-refractivity contribution in [1.82, 2.24) is 25.0 Å². The maximum Gasteiger partial charge on any atom is 0.416 e. The monoisotopic (exact) mass is 435 g/mol. The molecule has 0 spiro atoms. The molecule has 2 heterocycles. The lowest BCUT2D eigenvalue weighted by Gasteiger charge is -2.41. The Kier molecular flexibility index (Phi) is 6.20. The van der Waals surface area contributed by atoms with Gasteiger partial charge < -0.3 is 10.4 Å². The SMILES string of the molecule is CNCC1CN(C(O)/C=C\n2cnc(-c3cc(C(F)(F)F)cc(C(F)(F)F)c3)n2)C1. The molecular formula is C18H19F6N5O. The molecule has 12 heteroatoms. The predicted molar refractivity (Wildman–Crippen MR) is 95.8 cm³/mol. The minimum atomic E-state index is -4.95. The highest BCUT2D eigenvalue weighted by molar-refractivity contribution is 5.58. The normalized spacial score (nSPS) is 17.5. The molecule has 0 aliphatic carbocycles. The third kappa shape index (κ3) is 5.18. The Morgan fingerprint density at radius 1 is 1.13 bits per heavy atom. The largest absolute Gasteiger partial charge is 0.416 e. The van der Waals surface area contributed by atoms with Gasteiger partial charge in [0, 0.05) is 31.4 Å². The molecule has 1 unspecified atom stereocenters. The lowest BCUT2D eigenvalue weighted by molar-refractivity contribution is -0.143. The molecule has 1 atom stereocenters. The van der Waals surface area contributed by atoms with Crippen molar-refractivity contribution in [3.63, 3.8) is 0 Å². The Morgan fingerprint density at radius 2 is 1.73 bits per heavy atom. The molecule has 0 radical (unpaired) electrons. The minimum Gasteiger partial charge on any atom is -0.375 e. The Balaban J connectivity index is 1.77. The van der Waals surface area contributed by atoms with E-state index in [4.69, 9.17) is 0 Å². The Bertz CT molecular complexity index is 869. The molecule has 0 bridgehead atoms. The number of nitrogens with zero attached hydrogens (tertiary/aromatic N) is 4. The van der Waals surface area contributed by atoms with Crippen molar-refractivity contribution in [2.75, 3.05) is 26.7 Å². The number of hydrogen-bond acceptors (Lipinski definition) is 5. The van der Waals surface area contributed by atoms with Crippen molar-refractivity contribution in [3.8, 4) is 11.4 Å². The zero-order valence-corrected chi connectivity index (χ0v) is 15.7. The van der Waals surface area contributed by atoms with Crippen LogP contribution in [0.15, 0.2) is 30.6 Å². The third-order valence-electron chi connectivity index (χ3n) is 4.62. The Morgan fingerprint density at radius 3 is 2.27 bits per heavy atom. The Hall–Kier alpha value is -2.44. The fourth-order valence-electron chi connectivity index (χ4n) is 3.09. The summed E-state index contributed by atoms with van der Waals surface area (Å²) < 4.78 is 79.1. The predicted octanol–water partition coefficient (Wildman–Crippen LogP) is 2.92. The highest BCUT2D eigenvalue weighted by atomic mass is 19.4. The number of aromatic nitrogens is 3. The molecule has 3 rings (SSSR count). The van der Waals surface area contributed by atoms with Crippen molar-refractivity contribution < 1.29 is 31.4 Å². The van der Waals surface area contributed by atoms with E-state index in [1.54, 1.807) is 4.90 Å². The van der Waals surface area contributed by atoms with Gasteiger partial charge in [0.25, 0.3) is 0 Å². The van der Waals surface area contributed by atoms with Gasteiger partial charge in [0.1, 0.15) is 12.6 Å². The molecule has 1 fully saturated rings. The van der Waals surface area contributed by atoms with E-state index in [0.29, 0.717) is 31.1 Å².